The molecule has 1 aromatic carbocycles. The van der Waals surface area contributed by atoms with Crippen LogP contribution in [0, 0.1) is 0 Å². The van der Waals surface area contributed by atoms with Crippen molar-refractivity contribution in [2.75, 3.05) is 6.61 Å². The Morgan fingerprint density at radius 3 is 2.82 bits per heavy atom. The first kappa shape index (κ1) is 12.7. The van der Waals surface area contributed by atoms with Gasteiger partial charge in [-0.15, -0.1) is 0 Å². The minimum atomic E-state index is -0.239. The molecule has 1 heterocycles. The van der Waals surface area contributed by atoms with E-state index in [9.17, 15) is 4.79 Å². The molecule has 0 aromatic heterocycles. The highest BCUT2D eigenvalue weighted by Gasteiger charge is 2.28. The summed E-state index contributed by atoms with van der Waals surface area (Å²) in [5.74, 6) is -0.193. The van der Waals surface area contributed by atoms with E-state index in [0.29, 0.717) is 23.1 Å². The maximum Gasteiger partial charge on any atom is 0.323 e. The summed E-state index contributed by atoms with van der Waals surface area (Å²) in [7, 11) is 0. The number of hydrogen-bond acceptors (Lipinski definition) is 3. The summed E-state index contributed by atoms with van der Waals surface area (Å²) in [6.07, 6.45) is 0.703. The van der Waals surface area contributed by atoms with E-state index in [1.807, 2.05) is 13.0 Å². The molecule has 92 valence electrons. The standard InChI is InChI=1S/C12H13Cl2NO2/c1-7(15-11-4-5-17-12(11)16)9-3-2-8(13)6-10(9)14/h2-3,6-7,11,15H,4-5H2,1H3. The van der Waals surface area contributed by atoms with Gasteiger partial charge in [0.1, 0.15) is 6.04 Å². The predicted octanol–water partition coefficient (Wildman–Crippen LogP) is 2.96. The van der Waals surface area contributed by atoms with Crippen molar-refractivity contribution in [2.45, 2.75) is 25.4 Å². The molecule has 5 heteroatoms. The third kappa shape index (κ3) is 2.92. The van der Waals surface area contributed by atoms with Crippen molar-refractivity contribution < 1.29 is 9.53 Å². The molecule has 2 atom stereocenters. The second-order valence-electron chi connectivity index (χ2n) is 4.06. The molecule has 1 N–H and O–H groups in total. The summed E-state index contributed by atoms with van der Waals surface area (Å²) in [5.41, 5.74) is 0.927. The maximum atomic E-state index is 11.3. The van der Waals surface area contributed by atoms with Crippen molar-refractivity contribution in [3.8, 4) is 0 Å². The van der Waals surface area contributed by atoms with Crippen LogP contribution in [0.5, 0.6) is 0 Å². The normalized spacial score (nSPS) is 21.4. The summed E-state index contributed by atoms with van der Waals surface area (Å²) < 4.78 is 4.90. The lowest BCUT2D eigenvalue weighted by Crippen LogP contribution is -2.35. The van der Waals surface area contributed by atoms with Crippen LogP contribution >= 0.6 is 23.2 Å². The Labute approximate surface area is 110 Å². The Hall–Kier alpha value is -0.770. The first-order valence-corrected chi connectivity index (χ1v) is 6.21. The molecule has 3 nitrogen and oxygen atoms in total. The Morgan fingerprint density at radius 2 is 2.24 bits per heavy atom. The number of carbonyl (C=O) groups excluding carboxylic acids is 1. The largest absolute Gasteiger partial charge is 0.464 e. The number of nitrogens with one attached hydrogen (secondary N) is 1. The van der Waals surface area contributed by atoms with Crippen LogP contribution in [0.2, 0.25) is 10.0 Å². The Bertz CT molecular complexity index is 437. The molecule has 0 spiro atoms. The van der Waals surface area contributed by atoms with E-state index in [0.717, 1.165) is 5.56 Å². The van der Waals surface area contributed by atoms with Crippen LogP contribution in [0.3, 0.4) is 0 Å². The fourth-order valence-corrected chi connectivity index (χ4v) is 2.46. The molecular weight excluding hydrogens is 261 g/mol. The number of ether oxygens (including phenoxy) is 1. The van der Waals surface area contributed by atoms with Gasteiger partial charge in [-0.05, 0) is 24.6 Å². The predicted molar refractivity (Wildman–Crippen MR) is 67.4 cm³/mol. The van der Waals surface area contributed by atoms with Gasteiger partial charge in [0.2, 0.25) is 0 Å². The quantitative estimate of drug-likeness (QED) is 0.861. The highest BCUT2D eigenvalue weighted by atomic mass is 35.5. The van der Waals surface area contributed by atoms with Crippen LogP contribution in [0.25, 0.3) is 0 Å². The fraction of sp³-hybridized carbons (Fsp3) is 0.417. The average Bonchev–Trinajstić information content (AvgIpc) is 2.64. The summed E-state index contributed by atoms with van der Waals surface area (Å²) in [6, 6.07) is 5.09. The topological polar surface area (TPSA) is 38.3 Å². The Morgan fingerprint density at radius 1 is 1.47 bits per heavy atom. The average molecular weight is 274 g/mol. The number of hydrogen-bond donors (Lipinski definition) is 1. The van der Waals surface area contributed by atoms with E-state index in [4.69, 9.17) is 27.9 Å². The van der Waals surface area contributed by atoms with E-state index in [-0.39, 0.29) is 18.1 Å². The van der Waals surface area contributed by atoms with Gasteiger partial charge in [-0.3, -0.25) is 10.1 Å². The number of cyclic esters (lactones) is 1. The summed E-state index contributed by atoms with van der Waals surface area (Å²) in [5, 5.41) is 4.41. The lowest BCUT2D eigenvalue weighted by atomic mass is 10.1. The molecule has 1 aromatic rings. The Kier molecular flexibility index (Phi) is 3.92. The van der Waals surface area contributed by atoms with Crippen molar-refractivity contribution in [1.82, 2.24) is 5.32 Å². The van der Waals surface area contributed by atoms with Gasteiger partial charge in [-0.1, -0.05) is 29.3 Å². The van der Waals surface area contributed by atoms with Crippen LogP contribution in [-0.2, 0) is 9.53 Å². The van der Waals surface area contributed by atoms with E-state index in [1.165, 1.54) is 0 Å². The second kappa shape index (κ2) is 5.25. The van der Waals surface area contributed by atoms with E-state index in [2.05, 4.69) is 5.32 Å². The van der Waals surface area contributed by atoms with Gasteiger partial charge in [-0.2, -0.15) is 0 Å². The zero-order valence-corrected chi connectivity index (χ0v) is 10.9. The molecule has 2 unspecified atom stereocenters. The van der Waals surface area contributed by atoms with Crippen molar-refractivity contribution >= 4 is 29.2 Å². The van der Waals surface area contributed by atoms with Crippen LogP contribution in [0.15, 0.2) is 18.2 Å². The molecular formula is C12H13Cl2NO2. The molecule has 1 fully saturated rings. The summed E-state index contributed by atoms with van der Waals surface area (Å²) in [4.78, 5) is 11.3. The molecule has 0 radical (unpaired) electrons. The van der Waals surface area contributed by atoms with Gasteiger partial charge in [0.05, 0.1) is 6.61 Å². The summed E-state index contributed by atoms with van der Waals surface area (Å²) in [6.45, 7) is 2.44. The van der Waals surface area contributed by atoms with Gasteiger partial charge in [-0.25, -0.2) is 0 Å². The SMILES string of the molecule is CC(NC1CCOC1=O)c1ccc(Cl)cc1Cl. The first-order chi connectivity index (χ1) is 8.08. The van der Waals surface area contributed by atoms with E-state index < -0.39 is 0 Å². The molecule has 1 aliphatic heterocycles. The number of esters is 1. The molecule has 0 amide bonds. The molecule has 17 heavy (non-hydrogen) atoms. The monoisotopic (exact) mass is 273 g/mol. The van der Waals surface area contributed by atoms with Crippen LogP contribution in [0.4, 0.5) is 0 Å². The lowest BCUT2D eigenvalue weighted by Gasteiger charge is -2.18. The van der Waals surface area contributed by atoms with Crippen LogP contribution < -0.4 is 5.32 Å². The number of benzene rings is 1. The fourth-order valence-electron chi connectivity index (χ4n) is 1.89. The van der Waals surface area contributed by atoms with Crippen LogP contribution in [0.1, 0.15) is 24.9 Å². The third-order valence-corrected chi connectivity index (χ3v) is 3.38. The van der Waals surface area contributed by atoms with Crippen molar-refractivity contribution in [3.63, 3.8) is 0 Å². The third-order valence-electron chi connectivity index (χ3n) is 2.82. The highest BCUT2D eigenvalue weighted by molar-refractivity contribution is 6.35. The van der Waals surface area contributed by atoms with Gasteiger partial charge in [0.15, 0.2) is 0 Å². The first-order valence-electron chi connectivity index (χ1n) is 5.45. The molecule has 2 rings (SSSR count). The number of rotatable bonds is 3. The Balaban J connectivity index is 2.08. The maximum absolute atomic E-state index is 11.3. The van der Waals surface area contributed by atoms with E-state index in [1.54, 1.807) is 12.1 Å². The van der Waals surface area contributed by atoms with Gasteiger partial charge in [0.25, 0.3) is 0 Å². The molecule has 0 aliphatic carbocycles. The molecule has 0 bridgehead atoms. The van der Waals surface area contributed by atoms with Gasteiger partial charge < -0.3 is 4.74 Å². The zero-order valence-electron chi connectivity index (χ0n) is 9.37. The highest BCUT2D eigenvalue weighted by Crippen LogP contribution is 2.27. The summed E-state index contributed by atoms with van der Waals surface area (Å²) >= 11 is 11.9. The smallest absolute Gasteiger partial charge is 0.323 e. The second-order valence-corrected chi connectivity index (χ2v) is 4.91. The van der Waals surface area contributed by atoms with Crippen molar-refractivity contribution in [2.24, 2.45) is 0 Å². The van der Waals surface area contributed by atoms with Crippen LogP contribution in [-0.4, -0.2) is 18.6 Å². The van der Waals surface area contributed by atoms with Crippen molar-refractivity contribution in [3.05, 3.63) is 33.8 Å². The van der Waals surface area contributed by atoms with Gasteiger partial charge in [0, 0.05) is 22.5 Å². The molecule has 1 saturated heterocycles. The number of carbonyl (C=O) groups is 1. The van der Waals surface area contributed by atoms with Gasteiger partial charge >= 0.3 is 5.97 Å². The zero-order chi connectivity index (χ0) is 12.4. The molecule has 0 saturated carbocycles. The minimum absolute atomic E-state index is 0.0181. The lowest BCUT2D eigenvalue weighted by molar-refractivity contribution is -0.139. The molecule has 1 aliphatic rings. The van der Waals surface area contributed by atoms with Crippen molar-refractivity contribution in [1.29, 1.82) is 0 Å². The van der Waals surface area contributed by atoms with E-state index >= 15 is 0 Å². The number of halogens is 2. The minimum Gasteiger partial charge on any atom is -0.464 e.